The van der Waals surface area contributed by atoms with Gasteiger partial charge in [-0.05, 0) is 48.5 Å². The van der Waals surface area contributed by atoms with Crippen molar-refractivity contribution < 1.29 is 9.90 Å². The van der Waals surface area contributed by atoms with E-state index in [1.54, 1.807) is 24.4 Å². The topological polar surface area (TPSA) is 117 Å². The van der Waals surface area contributed by atoms with Crippen LogP contribution < -0.4 is 5.69 Å². The Morgan fingerprint density at radius 1 is 0.906 bits per heavy atom. The zero-order valence-electron chi connectivity index (χ0n) is 16.5. The zero-order chi connectivity index (χ0) is 21.8. The monoisotopic (exact) mass is 421 g/mol. The van der Waals surface area contributed by atoms with Crippen LogP contribution >= 0.6 is 0 Å². The third-order valence-corrected chi connectivity index (χ3v) is 5.55. The van der Waals surface area contributed by atoms with E-state index < -0.39 is 5.97 Å². The molecule has 0 bridgehead atoms. The summed E-state index contributed by atoms with van der Waals surface area (Å²) in [6, 6.07) is 20.2. The maximum atomic E-state index is 11.7. The first-order valence-electron chi connectivity index (χ1n) is 9.91. The third-order valence-electron chi connectivity index (χ3n) is 5.55. The molecule has 0 aliphatic carbocycles. The summed E-state index contributed by atoms with van der Waals surface area (Å²) in [6.07, 6.45) is 1.73. The molecule has 154 valence electrons. The number of pyridine rings is 1. The Bertz CT molecular complexity index is 1740. The van der Waals surface area contributed by atoms with Gasteiger partial charge in [0.25, 0.3) is 0 Å². The van der Waals surface area contributed by atoms with Crippen molar-refractivity contribution in [3.8, 4) is 17.1 Å². The number of aromatic amines is 2. The molecular weight excluding hydrogens is 406 g/mol. The molecule has 0 aliphatic heterocycles. The van der Waals surface area contributed by atoms with E-state index >= 15 is 0 Å². The lowest BCUT2D eigenvalue weighted by Crippen LogP contribution is -2.00. The lowest BCUT2D eigenvalue weighted by Gasteiger charge is -2.11. The lowest BCUT2D eigenvalue weighted by molar-refractivity contribution is 0.0697. The predicted octanol–water partition coefficient (Wildman–Crippen LogP) is 4.11. The fraction of sp³-hybridized carbons (Fsp3) is 0. The highest BCUT2D eigenvalue weighted by Crippen LogP contribution is 2.33. The van der Waals surface area contributed by atoms with Crippen LogP contribution in [0.2, 0.25) is 0 Å². The van der Waals surface area contributed by atoms with Crippen molar-refractivity contribution >= 4 is 38.9 Å². The van der Waals surface area contributed by atoms with Gasteiger partial charge in [0.05, 0.1) is 33.1 Å². The number of carboxylic acids is 1. The van der Waals surface area contributed by atoms with Crippen LogP contribution in [0.15, 0.2) is 77.7 Å². The van der Waals surface area contributed by atoms with Crippen molar-refractivity contribution in [3.05, 3.63) is 89.0 Å². The number of rotatable bonds is 3. The summed E-state index contributed by atoms with van der Waals surface area (Å²) in [5.74, 6) is -0.359. The van der Waals surface area contributed by atoms with Crippen molar-refractivity contribution in [2.75, 3.05) is 0 Å². The number of carboxylic acid groups (broad SMARTS) is 1. The number of carbonyl (C=O) groups is 1. The van der Waals surface area contributed by atoms with Crippen LogP contribution in [0.5, 0.6) is 0 Å². The van der Waals surface area contributed by atoms with E-state index in [1.165, 1.54) is 0 Å². The Labute approximate surface area is 179 Å². The van der Waals surface area contributed by atoms with E-state index in [-0.39, 0.29) is 11.3 Å². The van der Waals surface area contributed by atoms with Gasteiger partial charge in [0.1, 0.15) is 5.82 Å². The SMILES string of the molecule is O=C(O)c1ccc2c(c1)nc(-c1ccnc3ccccc13)n2-c1ccc2[nH]c(=O)[nH]c2c1. The maximum Gasteiger partial charge on any atom is 0.335 e. The lowest BCUT2D eigenvalue weighted by atomic mass is 10.1. The van der Waals surface area contributed by atoms with E-state index in [0.29, 0.717) is 22.4 Å². The van der Waals surface area contributed by atoms with Gasteiger partial charge in [-0.25, -0.2) is 14.6 Å². The summed E-state index contributed by atoms with van der Waals surface area (Å²) in [5, 5.41) is 10.4. The van der Waals surface area contributed by atoms with Crippen LogP contribution in [0, 0.1) is 0 Å². The molecule has 6 aromatic rings. The highest BCUT2D eigenvalue weighted by atomic mass is 16.4. The summed E-state index contributed by atoms with van der Waals surface area (Å²) in [5.41, 5.74) is 5.06. The van der Waals surface area contributed by atoms with Crippen LogP contribution in [0.1, 0.15) is 10.4 Å². The quantitative estimate of drug-likeness (QED) is 0.398. The molecule has 0 spiro atoms. The van der Waals surface area contributed by atoms with Gasteiger partial charge in [-0.3, -0.25) is 9.55 Å². The fourth-order valence-electron chi connectivity index (χ4n) is 4.11. The van der Waals surface area contributed by atoms with Crippen molar-refractivity contribution in [2.24, 2.45) is 0 Å². The molecule has 0 saturated carbocycles. The summed E-state index contributed by atoms with van der Waals surface area (Å²) in [4.78, 5) is 38.1. The Kier molecular flexibility index (Phi) is 3.75. The minimum Gasteiger partial charge on any atom is -0.478 e. The Morgan fingerprint density at radius 3 is 2.62 bits per heavy atom. The van der Waals surface area contributed by atoms with Crippen LogP contribution in [0.4, 0.5) is 0 Å². The van der Waals surface area contributed by atoms with Crippen LogP contribution in [-0.2, 0) is 0 Å². The van der Waals surface area contributed by atoms with Gasteiger partial charge < -0.3 is 15.1 Å². The molecule has 3 N–H and O–H groups in total. The van der Waals surface area contributed by atoms with Gasteiger partial charge in [-0.2, -0.15) is 0 Å². The number of hydrogen-bond acceptors (Lipinski definition) is 4. The van der Waals surface area contributed by atoms with E-state index in [0.717, 1.165) is 27.7 Å². The number of benzene rings is 3. The summed E-state index contributed by atoms with van der Waals surface area (Å²) < 4.78 is 1.97. The molecule has 8 heteroatoms. The molecule has 0 amide bonds. The zero-order valence-corrected chi connectivity index (χ0v) is 16.5. The van der Waals surface area contributed by atoms with Gasteiger partial charge in [-0.1, -0.05) is 18.2 Å². The molecule has 0 saturated heterocycles. The molecule has 6 rings (SSSR count). The van der Waals surface area contributed by atoms with Gasteiger partial charge in [-0.15, -0.1) is 0 Å². The third kappa shape index (κ3) is 2.70. The minimum atomic E-state index is -1.01. The van der Waals surface area contributed by atoms with Gasteiger partial charge in [0.15, 0.2) is 0 Å². The van der Waals surface area contributed by atoms with Crippen LogP contribution in [0.25, 0.3) is 50.0 Å². The fourth-order valence-corrected chi connectivity index (χ4v) is 4.11. The Balaban J connectivity index is 1.71. The van der Waals surface area contributed by atoms with E-state index in [4.69, 9.17) is 4.98 Å². The smallest absolute Gasteiger partial charge is 0.335 e. The Morgan fingerprint density at radius 2 is 1.75 bits per heavy atom. The number of nitrogens with one attached hydrogen (secondary N) is 2. The average Bonchev–Trinajstić information content (AvgIpc) is 3.36. The number of imidazole rings is 2. The molecule has 0 radical (unpaired) electrons. The normalized spacial score (nSPS) is 11.5. The number of aromatic carboxylic acids is 1. The summed E-state index contributed by atoms with van der Waals surface area (Å²) in [7, 11) is 0. The molecule has 0 atom stereocenters. The molecule has 3 heterocycles. The predicted molar refractivity (Wildman–Crippen MR) is 121 cm³/mol. The number of hydrogen-bond donors (Lipinski definition) is 3. The van der Waals surface area contributed by atoms with Crippen molar-refractivity contribution in [3.63, 3.8) is 0 Å². The second-order valence-electron chi connectivity index (χ2n) is 7.46. The first kappa shape index (κ1) is 18.1. The van der Waals surface area contributed by atoms with E-state index in [2.05, 4.69) is 15.0 Å². The van der Waals surface area contributed by atoms with Gasteiger partial charge >= 0.3 is 11.7 Å². The highest BCUT2D eigenvalue weighted by molar-refractivity contribution is 5.98. The van der Waals surface area contributed by atoms with Crippen molar-refractivity contribution in [2.45, 2.75) is 0 Å². The molecular formula is C24H15N5O3. The van der Waals surface area contributed by atoms with Crippen molar-refractivity contribution in [1.29, 1.82) is 0 Å². The van der Waals surface area contributed by atoms with Gasteiger partial charge in [0.2, 0.25) is 0 Å². The number of para-hydroxylation sites is 1. The average molecular weight is 421 g/mol. The molecule has 3 aromatic carbocycles. The molecule has 8 nitrogen and oxygen atoms in total. The standard InChI is InChI=1S/C24H15N5O3/c30-23(31)13-5-8-21-20(11-13)26-22(16-9-10-25-17-4-2-1-3-15(16)17)29(21)14-6-7-18-19(12-14)28-24(32)27-18/h1-12H,(H,30,31)(H2,27,28,32). The highest BCUT2D eigenvalue weighted by Gasteiger charge is 2.18. The molecule has 3 aromatic heterocycles. The van der Waals surface area contributed by atoms with Gasteiger partial charge in [0, 0.05) is 22.8 Å². The first-order chi connectivity index (χ1) is 15.6. The first-order valence-corrected chi connectivity index (χ1v) is 9.91. The number of fused-ring (bicyclic) bond motifs is 3. The molecule has 32 heavy (non-hydrogen) atoms. The number of aromatic nitrogens is 5. The summed E-state index contributed by atoms with van der Waals surface area (Å²) in [6.45, 7) is 0. The largest absolute Gasteiger partial charge is 0.478 e. The number of H-pyrrole nitrogens is 2. The Hall–Kier alpha value is -4.72. The second-order valence-corrected chi connectivity index (χ2v) is 7.46. The van der Waals surface area contributed by atoms with Crippen LogP contribution in [0.3, 0.4) is 0 Å². The van der Waals surface area contributed by atoms with E-state index in [9.17, 15) is 14.7 Å². The minimum absolute atomic E-state index is 0.165. The van der Waals surface area contributed by atoms with E-state index in [1.807, 2.05) is 53.1 Å². The van der Waals surface area contributed by atoms with Crippen molar-refractivity contribution in [1.82, 2.24) is 24.5 Å². The second kappa shape index (κ2) is 6.64. The molecule has 0 fully saturated rings. The number of nitrogens with zero attached hydrogens (tertiary/aromatic N) is 3. The maximum absolute atomic E-state index is 11.7. The van der Waals surface area contributed by atoms with Crippen LogP contribution in [-0.4, -0.2) is 35.6 Å². The summed E-state index contributed by atoms with van der Waals surface area (Å²) >= 11 is 0. The molecule has 0 aliphatic rings. The molecule has 0 unspecified atom stereocenters.